The molecule has 1 heterocycles. The second-order valence-corrected chi connectivity index (χ2v) is 4.34. The van der Waals surface area contributed by atoms with E-state index in [1.54, 1.807) is 0 Å². The van der Waals surface area contributed by atoms with Crippen LogP contribution < -0.4 is 11.1 Å². The maximum atomic E-state index is 13.8. The van der Waals surface area contributed by atoms with Crippen molar-refractivity contribution in [2.75, 3.05) is 11.9 Å². The second kappa shape index (κ2) is 5.03. The van der Waals surface area contributed by atoms with Gasteiger partial charge < -0.3 is 15.8 Å². The Morgan fingerprint density at radius 2 is 2.25 bits per heavy atom. The summed E-state index contributed by atoms with van der Waals surface area (Å²) >= 11 is 0. The minimum Gasteiger partial charge on any atom is -0.459 e. The van der Waals surface area contributed by atoms with Gasteiger partial charge in [-0.25, -0.2) is 18.2 Å². The fraction of sp³-hybridized carbons (Fsp3) is 0.333. The largest absolute Gasteiger partial charge is 0.459 e. The Hall–Kier alpha value is -2.25. The summed E-state index contributed by atoms with van der Waals surface area (Å²) in [5.41, 5.74) is 5.10. The number of amidine groups is 1. The molecule has 0 saturated heterocycles. The van der Waals surface area contributed by atoms with E-state index >= 15 is 0 Å². The smallest absolute Gasteiger partial charge is 0.307 e. The molecule has 1 atom stereocenters. The average molecular weight is 287 g/mol. The Labute approximate surface area is 112 Å². The number of anilines is 1. The lowest BCUT2D eigenvalue weighted by atomic mass is 9.99. The van der Waals surface area contributed by atoms with Gasteiger partial charge >= 0.3 is 5.92 Å². The molecule has 0 fully saturated rings. The molecule has 1 unspecified atom stereocenters. The average Bonchev–Trinajstić information content (AvgIpc) is 2.34. The molecule has 108 valence electrons. The third-order valence-corrected chi connectivity index (χ3v) is 2.68. The molecule has 1 aliphatic rings. The van der Waals surface area contributed by atoms with Crippen molar-refractivity contribution in [2.24, 2.45) is 10.7 Å². The number of halogens is 3. The molecule has 20 heavy (non-hydrogen) atoms. The predicted octanol–water partition coefficient (Wildman–Crippen LogP) is 1.81. The third kappa shape index (κ3) is 2.84. The maximum Gasteiger partial charge on any atom is 0.307 e. The highest BCUT2D eigenvalue weighted by Gasteiger charge is 2.46. The molecule has 0 spiro atoms. The number of alkyl halides is 2. The Bertz CT molecular complexity index is 575. The fourth-order valence-electron chi connectivity index (χ4n) is 1.84. The van der Waals surface area contributed by atoms with Gasteiger partial charge in [0, 0.05) is 18.2 Å². The number of rotatable bonds is 2. The Balaban J connectivity index is 2.44. The lowest BCUT2D eigenvalue weighted by Crippen LogP contribution is -2.40. The number of hydrogen-bond donors (Lipinski definition) is 2. The van der Waals surface area contributed by atoms with E-state index in [4.69, 9.17) is 5.73 Å². The monoisotopic (exact) mass is 287 g/mol. The fourth-order valence-corrected chi connectivity index (χ4v) is 1.84. The van der Waals surface area contributed by atoms with Crippen LogP contribution in [-0.2, 0) is 9.53 Å². The molecule has 1 aromatic carbocycles. The summed E-state index contributed by atoms with van der Waals surface area (Å²) in [6.07, 6.45) is 0. The van der Waals surface area contributed by atoms with Crippen molar-refractivity contribution in [1.82, 2.24) is 0 Å². The number of aliphatic imine (C=N–C) groups is 1. The summed E-state index contributed by atoms with van der Waals surface area (Å²) in [7, 11) is 0. The van der Waals surface area contributed by atoms with Crippen LogP contribution in [0.1, 0.15) is 18.5 Å². The van der Waals surface area contributed by atoms with Crippen LogP contribution in [0.3, 0.4) is 0 Å². The molecule has 1 aliphatic heterocycles. The van der Waals surface area contributed by atoms with Crippen molar-refractivity contribution in [3.63, 3.8) is 0 Å². The zero-order valence-electron chi connectivity index (χ0n) is 10.5. The zero-order valence-corrected chi connectivity index (χ0v) is 10.5. The molecule has 0 saturated carbocycles. The molecule has 0 bridgehead atoms. The summed E-state index contributed by atoms with van der Waals surface area (Å²) in [5, 5.41) is 2.39. The van der Waals surface area contributed by atoms with Crippen molar-refractivity contribution in [3.8, 4) is 0 Å². The van der Waals surface area contributed by atoms with Gasteiger partial charge in [0.15, 0.2) is 12.6 Å². The molecule has 1 aromatic rings. The van der Waals surface area contributed by atoms with Crippen LogP contribution in [0.2, 0.25) is 0 Å². The van der Waals surface area contributed by atoms with Gasteiger partial charge in [0.1, 0.15) is 5.82 Å². The third-order valence-electron chi connectivity index (χ3n) is 2.68. The number of hydrogen-bond acceptors (Lipinski definition) is 4. The topological polar surface area (TPSA) is 76.7 Å². The lowest BCUT2D eigenvalue weighted by molar-refractivity contribution is -0.114. The van der Waals surface area contributed by atoms with Crippen molar-refractivity contribution in [1.29, 1.82) is 0 Å². The van der Waals surface area contributed by atoms with Gasteiger partial charge in [-0.2, -0.15) is 0 Å². The first-order valence-corrected chi connectivity index (χ1v) is 5.70. The number of carbonyl (C=O) groups excluding carboxylic acids is 1. The SMILES string of the molecule is CC(=O)Nc1ccc(F)c(C2N=C(N)OCC2(F)F)c1. The first-order chi connectivity index (χ1) is 9.29. The van der Waals surface area contributed by atoms with E-state index in [2.05, 4.69) is 15.0 Å². The second-order valence-electron chi connectivity index (χ2n) is 4.34. The van der Waals surface area contributed by atoms with Crippen LogP contribution in [-0.4, -0.2) is 24.5 Å². The predicted molar refractivity (Wildman–Crippen MR) is 66.0 cm³/mol. The van der Waals surface area contributed by atoms with Gasteiger partial charge in [-0.05, 0) is 18.2 Å². The molecular weight excluding hydrogens is 275 g/mol. The summed E-state index contributed by atoms with van der Waals surface area (Å²) in [5.74, 6) is -4.65. The maximum absolute atomic E-state index is 13.8. The van der Waals surface area contributed by atoms with E-state index in [1.807, 2.05) is 0 Å². The summed E-state index contributed by atoms with van der Waals surface area (Å²) < 4.78 is 45.8. The minimum absolute atomic E-state index is 0.199. The summed E-state index contributed by atoms with van der Waals surface area (Å²) in [6, 6.07) is 1.15. The summed E-state index contributed by atoms with van der Waals surface area (Å²) in [4.78, 5) is 14.4. The van der Waals surface area contributed by atoms with Gasteiger partial charge in [0.25, 0.3) is 6.02 Å². The van der Waals surface area contributed by atoms with E-state index in [0.717, 1.165) is 12.1 Å². The number of amides is 1. The van der Waals surface area contributed by atoms with Gasteiger partial charge in [-0.3, -0.25) is 4.79 Å². The molecule has 8 heteroatoms. The highest BCUT2D eigenvalue weighted by Crippen LogP contribution is 2.39. The minimum atomic E-state index is -3.39. The Morgan fingerprint density at radius 3 is 2.90 bits per heavy atom. The molecular formula is C12H12F3N3O2. The molecule has 0 aliphatic carbocycles. The number of ether oxygens (including phenoxy) is 1. The first kappa shape index (κ1) is 14.2. The van der Waals surface area contributed by atoms with Crippen LogP contribution >= 0.6 is 0 Å². The zero-order chi connectivity index (χ0) is 14.9. The van der Waals surface area contributed by atoms with E-state index < -0.39 is 36.3 Å². The van der Waals surface area contributed by atoms with E-state index in [1.165, 1.54) is 13.0 Å². The highest BCUT2D eigenvalue weighted by atomic mass is 19.3. The molecule has 5 nitrogen and oxygen atoms in total. The van der Waals surface area contributed by atoms with Crippen LogP contribution in [0.5, 0.6) is 0 Å². The first-order valence-electron chi connectivity index (χ1n) is 5.70. The van der Waals surface area contributed by atoms with E-state index in [9.17, 15) is 18.0 Å². The number of nitrogens with one attached hydrogen (secondary N) is 1. The molecule has 0 aromatic heterocycles. The molecule has 0 radical (unpaired) electrons. The number of benzene rings is 1. The quantitative estimate of drug-likeness (QED) is 0.870. The lowest BCUT2D eigenvalue weighted by Gasteiger charge is -2.28. The van der Waals surface area contributed by atoms with E-state index in [-0.39, 0.29) is 11.3 Å². The summed E-state index contributed by atoms with van der Waals surface area (Å²) in [6.45, 7) is 0.277. The number of nitrogens with zero attached hydrogens (tertiary/aromatic N) is 1. The number of nitrogens with two attached hydrogens (primary N) is 1. The van der Waals surface area contributed by atoms with Crippen LogP contribution in [0.25, 0.3) is 0 Å². The van der Waals surface area contributed by atoms with Gasteiger partial charge in [0.05, 0.1) is 0 Å². The molecule has 1 amide bonds. The van der Waals surface area contributed by atoms with Crippen molar-refractivity contribution >= 4 is 17.6 Å². The highest BCUT2D eigenvalue weighted by molar-refractivity contribution is 5.88. The standard InChI is InChI=1S/C12H12F3N3O2/c1-6(19)17-7-2-3-9(13)8(4-7)10-12(14,15)5-20-11(16)18-10/h2-4,10H,5H2,1H3,(H2,16,18)(H,17,19). The Morgan fingerprint density at radius 1 is 1.55 bits per heavy atom. The van der Waals surface area contributed by atoms with Crippen molar-refractivity contribution in [3.05, 3.63) is 29.6 Å². The normalized spacial score (nSPS) is 20.8. The van der Waals surface area contributed by atoms with Gasteiger partial charge in [-0.15, -0.1) is 0 Å². The van der Waals surface area contributed by atoms with Crippen LogP contribution in [0.15, 0.2) is 23.2 Å². The van der Waals surface area contributed by atoms with Gasteiger partial charge in [0.2, 0.25) is 5.91 Å². The Kier molecular flexibility index (Phi) is 3.56. The van der Waals surface area contributed by atoms with Crippen molar-refractivity contribution in [2.45, 2.75) is 18.9 Å². The van der Waals surface area contributed by atoms with Gasteiger partial charge in [-0.1, -0.05) is 0 Å². The number of carbonyl (C=O) groups is 1. The molecule has 3 N–H and O–H groups in total. The van der Waals surface area contributed by atoms with E-state index in [0.29, 0.717) is 0 Å². The van der Waals surface area contributed by atoms with Crippen molar-refractivity contribution < 1.29 is 22.7 Å². The van der Waals surface area contributed by atoms with Crippen LogP contribution in [0, 0.1) is 5.82 Å². The van der Waals surface area contributed by atoms with Crippen LogP contribution in [0.4, 0.5) is 18.9 Å². The molecule has 2 rings (SSSR count).